The number of likely N-dealkylation sites (tertiary alicyclic amines) is 2. The predicted molar refractivity (Wildman–Crippen MR) is 123 cm³/mol. The third kappa shape index (κ3) is 4.98. The molecular formula is C25H31N3O4. The van der Waals surface area contributed by atoms with E-state index in [4.69, 9.17) is 9.47 Å². The van der Waals surface area contributed by atoms with Gasteiger partial charge in [0.05, 0.1) is 20.1 Å². The fraction of sp³-hybridized carbons (Fsp3) is 0.440. The molecule has 2 atom stereocenters. The summed E-state index contributed by atoms with van der Waals surface area (Å²) in [5.41, 5.74) is 2.14. The second-order valence-electron chi connectivity index (χ2n) is 8.46. The average Bonchev–Trinajstić information content (AvgIpc) is 3.44. The second-order valence-corrected chi connectivity index (χ2v) is 8.46. The number of methoxy groups -OCH3 is 2. The Morgan fingerprint density at radius 1 is 1.06 bits per heavy atom. The summed E-state index contributed by atoms with van der Waals surface area (Å²) in [5, 5.41) is 3.50. The van der Waals surface area contributed by atoms with E-state index in [0.29, 0.717) is 44.0 Å². The first kappa shape index (κ1) is 22.0. The molecule has 0 aliphatic carbocycles. The van der Waals surface area contributed by atoms with Crippen molar-refractivity contribution >= 4 is 17.5 Å². The summed E-state index contributed by atoms with van der Waals surface area (Å²) in [6.07, 6.45) is 1.93. The van der Waals surface area contributed by atoms with E-state index < -0.39 is 0 Å². The molecule has 2 aromatic rings. The van der Waals surface area contributed by atoms with Gasteiger partial charge in [0.1, 0.15) is 0 Å². The molecule has 170 valence electrons. The van der Waals surface area contributed by atoms with Gasteiger partial charge in [0.15, 0.2) is 11.5 Å². The number of anilines is 1. The number of ether oxygens (including phenoxy) is 2. The Morgan fingerprint density at radius 3 is 2.59 bits per heavy atom. The first-order valence-corrected chi connectivity index (χ1v) is 11.2. The van der Waals surface area contributed by atoms with Crippen molar-refractivity contribution in [1.82, 2.24) is 9.80 Å². The van der Waals surface area contributed by atoms with Crippen molar-refractivity contribution in [3.63, 3.8) is 0 Å². The number of carbonyl (C=O) groups excluding carboxylic acids is 2. The minimum atomic E-state index is -0.247. The topological polar surface area (TPSA) is 71.1 Å². The Bertz CT molecular complexity index is 949. The van der Waals surface area contributed by atoms with Crippen LogP contribution < -0.4 is 14.8 Å². The van der Waals surface area contributed by atoms with E-state index in [1.807, 2.05) is 58.3 Å². The molecule has 0 radical (unpaired) electrons. The highest BCUT2D eigenvalue weighted by Gasteiger charge is 2.38. The second kappa shape index (κ2) is 9.94. The smallest absolute Gasteiger partial charge is 0.228 e. The van der Waals surface area contributed by atoms with Gasteiger partial charge in [-0.15, -0.1) is 0 Å². The lowest BCUT2D eigenvalue weighted by atomic mass is 10.1. The van der Waals surface area contributed by atoms with E-state index in [1.165, 1.54) is 0 Å². The van der Waals surface area contributed by atoms with Gasteiger partial charge in [-0.05, 0) is 42.7 Å². The average molecular weight is 438 g/mol. The number of nitrogens with one attached hydrogen (secondary N) is 1. The van der Waals surface area contributed by atoms with E-state index in [2.05, 4.69) is 5.32 Å². The quantitative estimate of drug-likeness (QED) is 0.688. The van der Waals surface area contributed by atoms with Crippen molar-refractivity contribution in [2.45, 2.75) is 25.3 Å². The minimum Gasteiger partial charge on any atom is -0.493 e. The van der Waals surface area contributed by atoms with Gasteiger partial charge in [-0.2, -0.15) is 0 Å². The van der Waals surface area contributed by atoms with Crippen LogP contribution in [-0.4, -0.2) is 68.1 Å². The molecule has 2 unspecified atom stereocenters. The normalized spacial score (nSPS) is 20.5. The molecule has 4 rings (SSSR count). The van der Waals surface area contributed by atoms with E-state index in [1.54, 1.807) is 14.2 Å². The highest BCUT2D eigenvalue weighted by molar-refractivity contribution is 5.89. The van der Waals surface area contributed by atoms with Gasteiger partial charge in [0.2, 0.25) is 11.8 Å². The summed E-state index contributed by atoms with van der Waals surface area (Å²) in [4.78, 5) is 29.3. The van der Waals surface area contributed by atoms with Crippen LogP contribution in [-0.2, 0) is 16.0 Å². The molecule has 2 aromatic carbocycles. The third-order valence-electron chi connectivity index (χ3n) is 6.33. The maximum atomic E-state index is 13.1. The zero-order chi connectivity index (χ0) is 22.5. The lowest BCUT2D eigenvalue weighted by Crippen LogP contribution is -2.37. The van der Waals surface area contributed by atoms with Crippen LogP contribution in [0.2, 0.25) is 0 Å². The number of amides is 2. The molecule has 0 saturated carbocycles. The van der Waals surface area contributed by atoms with Crippen molar-refractivity contribution in [2.24, 2.45) is 5.92 Å². The van der Waals surface area contributed by atoms with Crippen LogP contribution in [0.25, 0.3) is 0 Å². The van der Waals surface area contributed by atoms with E-state index in [0.717, 1.165) is 24.2 Å². The first-order valence-electron chi connectivity index (χ1n) is 11.2. The number of hydrogen-bond acceptors (Lipinski definition) is 5. The standard InChI is InChI=1S/C25H31N3O4/c1-31-22-9-8-18(14-23(22)32-2)10-12-27-16-19(15-24(27)29)25(30)28-13-11-21(17-28)26-20-6-4-3-5-7-20/h3-9,14,19,21,26H,10-13,15-17H2,1-2H3. The fourth-order valence-electron chi connectivity index (χ4n) is 4.56. The number of para-hydroxylation sites is 1. The zero-order valence-electron chi connectivity index (χ0n) is 18.8. The van der Waals surface area contributed by atoms with Gasteiger partial charge in [0, 0.05) is 44.3 Å². The third-order valence-corrected chi connectivity index (χ3v) is 6.33. The van der Waals surface area contributed by atoms with Crippen molar-refractivity contribution in [2.75, 3.05) is 45.7 Å². The van der Waals surface area contributed by atoms with Crippen molar-refractivity contribution in [1.29, 1.82) is 0 Å². The van der Waals surface area contributed by atoms with Gasteiger partial charge in [-0.3, -0.25) is 9.59 Å². The maximum Gasteiger partial charge on any atom is 0.228 e. The van der Waals surface area contributed by atoms with Crippen molar-refractivity contribution < 1.29 is 19.1 Å². The molecule has 2 amide bonds. The number of nitrogens with zero attached hydrogens (tertiary/aromatic N) is 2. The Balaban J connectivity index is 1.28. The molecule has 0 spiro atoms. The van der Waals surface area contributed by atoms with Gasteiger partial charge >= 0.3 is 0 Å². The molecule has 2 aliphatic rings. The molecule has 0 bridgehead atoms. The number of hydrogen-bond donors (Lipinski definition) is 1. The monoisotopic (exact) mass is 437 g/mol. The van der Waals surface area contributed by atoms with Crippen LogP contribution in [0.1, 0.15) is 18.4 Å². The van der Waals surface area contributed by atoms with E-state index in [-0.39, 0.29) is 23.8 Å². The Morgan fingerprint density at radius 2 is 1.84 bits per heavy atom. The van der Waals surface area contributed by atoms with Gasteiger partial charge in [-0.25, -0.2) is 0 Å². The van der Waals surface area contributed by atoms with Crippen molar-refractivity contribution in [3.8, 4) is 11.5 Å². The Labute approximate surface area is 189 Å². The predicted octanol–water partition coefficient (Wildman–Crippen LogP) is 2.81. The molecule has 32 heavy (non-hydrogen) atoms. The van der Waals surface area contributed by atoms with Crippen LogP contribution in [0.15, 0.2) is 48.5 Å². The maximum absolute atomic E-state index is 13.1. The van der Waals surface area contributed by atoms with Gasteiger partial charge < -0.3 is 24.6 Å². The molecule has 0 aromatic heterocycles. The highest BCUT2D eigenvalue weighted by atomic mass is 16.5. The molecule has 2 fully saturated rings. The van der Waals surface area contributed by atoms with E-state index >= 15 is 0 Å². The van der Waals surface area contributed by atoms with Crippen LogP contribution in [0, 0.1) is 5.92 Å². The summed E-state index contributed by atoms with van der Waals surface area (Å²) in [5.74, 6) is 1.28. The minimum absolute atomic E-state index is 0.0574. The highest BCUT2D eigenvalue weighted by Crippen LogP contribution is 2.28. The van der Waals surface area contributed by atoms with Crippen LogP contribution in [0.3, 0.4) is 0 Å². The summed E-state index contributed by atoms with van der Waals surface area (Å²) in [7, 11) is 3.22. The zero-order valence-corrected chi connectivity index (χ0v) is 18.8. The van der Waals surface area contributed by atoms with Gasteiger partial charge in [0.25, 0.3) is 0 Å². The molecule has 7 heteroatoms. The first-order chi connectivity index (χ1) is 15.6. The summed E-state index contributed by atoms with van der Waals surface area (Å²) < 4.78 is 10.6. The summed E-state index contributed by atoms with van der Waals surface area (Å²) >= 11 is 0. The molecule has 2 saturated heterocycles. The number of carbonyl (C=O) groups is 2. The fourth-order valence-corrected chi connectivity index (χ4v) is 4.56. The van der Waals surface area contributed by atoms with Gasteiger partial charge in [-0.1, -0.05) is 24.3 Å². The van der Waals surface area contributed by atoms with Crippen LogP contribution in [0.4, 0.5) is 5.69 Å². The number of rotatable bonds is 8. The van der Waals surface area contributed by atoms with E-state index in [9.17, 15) is 9.59 Å². The summed E-state index contributed by atoms with van der Waals surface area (Å²) in [6, 6.07) is 16.1. The number of benzene rings is 2. The SMILES string of the molecule is COc1ccc(CCN2CC(C(=O)N3CCC(Nc4ccccc4)C3)CC2=O)cc1OC. The lowest BCUT2D eigenvalue weighted by molar-refractivity contribution is -0.134. The molecule has 2 heterocycles. The van der Waals surface area contributed by atoms with Crippen LogP contribution in [0.5, 0.6) is 11.5 Å². The molecular weight excluding hydrogens is 406 g/mol. The Kier molecular flexibility index (Phi) is 6.83. The van der Waals surface area contributed by atoms with Crippen LogP contribution >= 0.6 is 0 Å². The molecule has 7 nitrogen and oxygen atoms in total. The van der Waals surface area contributed by atoms with Crippen molar-refractivity contribution in [3.05, 3.63) is 54.1 Å². The largest absolute Gasteiger partial charge is 0.493 e. The molecule has 2 aliphatic heterocycles. The summed E-state index contributed by atoms with van der Waals surface area (Å²) in [6.45, 7) is 2.51. The lowest BCUT2D eigenvalue weighted by Gasteiger charge is -2.21. The Hall–Kier alpha value is -3.22. The molecule has 1 N–H and O–H groups in total.